The molecule has 0 bridgehead atoms. The maximum absolute atomic E-state index is 11.3. The van der Waals surface area contributed by atoms with Gasteiger partial charge in [0.05, 0.1) is 5.02 Å². The van der Waals surface area contributed by atoms with Crippen LogP contribution in [0.3, 0.4) is 0 Å². The van der Waals surface area contributed by atoms with Crippen LogP contribution in [0.4, 0.5) is 5.69 Å². The second-order valence-corrected chi connectivity index (χ2v) is 5.18. The number of anilines is 1. The monoisotopic (exact) mass is 301 g/mol. The maximum atomic E-state index is 11.3. The van der Waals surface area contributed by atoms with Crippen LogP contribution in [0.1, 0.15) is 22.3 Å². The van der Waals surface area contributed by atoms with E-state index < -0.39 is 0 Å². The minimum Gasteiger partial charge on any atom is -0.456 e. The SMILES string of the molecule is O=Cc1ccc(Oc2ccc3c(c2)CCC(=O)N3)c(Cl)c1. The summed E-state index contributed by atoms with van der Waals surface area (Å²) in [6, 6.07) is 10.3. The van der Waals surface area contributed by atoms with Crippen molar-refractivity contribution < 1.29 is 14.3 Å². The van der Waals surface area contributed by atoms with Crippen molar-refractivity contribution >= 4 is 29.5 Å². The van der Waals surface area contributed by atoms with Crippen LogP contribution in [0.15, 0.2) is 36.4 Å². The molecule has 0 aromatic heterocycles. The number of aryl methyl sites for hydroxylation is 1. The Morgan fingerprint density at radius 3 is 2.76 bits per heavy atom. The van der Waals surface area contributed by atoms with Gasteiger partial charge in [-0.1, -0.05) is 11.6 Å². The van der Waals surface area contributed by atoms with Gasteiger partial charge in [-0.05, 0) is 48.4 Å². The number of carbonyl (C=O) groups is 2. The molecule has 1 N–H and O–H groups in total. The van der Waals surface area contributed by atoms with Crippen LogP contribution < -0.4 is 10.1 Å². The second-order valence-electron chi connectivity index (χ2n) is 4.78. The Kier molecular flexibility index (Phi) is 3.62. The van der Waals surface area contributed by atoms with Gasteiger partial charge in [-0.2, -0.15) is 0 Å². The van der Waals surface area contributed by atoms with E-state index in [9.17, 15) is 9.59 Å². The Morgan fingerprint density at radius 2 is 2.00 bits per heavy atom. The molecule has 0 unspecified atom stereocenters. The van der Waals surface area contributed by atoms with Crippen molar-refractivity contribution in [3.8, 4) is 11.5 Å². The predicted octanol–water partition coefficient (Wildman–Crippen LogP) is 3.83. The molecule has 4 nitrogen and oxygen atoms in total. The topological polar surface area (TPSA) is 55.4 Å². The molecule has 1 amide bonds. The molecular weight excluding hydrogens is 290 g/mol. The molecule has 5 heteroatoms. The average molecular weight is 302 g/mol. The quantitative estimate of drug-likeness (QED) is 0.877. The van der Waals surface area contributed by atoms with Crippen LogP contribution in [0.5, 0.6) is 11.5 Å². The lowest BCUT2D eigenvalue weighted by molar-refractivity contribution is -0.116. The van der Waals surface area contributed by atoms with Crippen molar-refractivity contribution in [1.29, 1.82) is 0 Å². The highest BCUT2D eigenvalue weighted by atomic mass is 35.5. The molecule has 1 aliphatic heterocycles. The van der Waals surface area contributed by atoms with Gasteiger partial charge in [0.15, 0.2) is 0 Å². The van der Waals surface area contributed by atoms with Crippen LogP contribution in [0.2, 0.25) is 5.02 Å². The molecule has 106 valence electrons. The number of halogens is 1. The first-order chi connectivity index (χ1) is 10.2. The van der Waals surface area contributed by atoms with E-state index in [0.717, 1.165) is 17.5 Å². The van der Waals surface area contributed by atoms with E-state index in [4.69, 9.17) is 16.3 Å². The summed E-state index contributed by atoms with van der Waals surface area (Å²) < 4.78 is 5.74. The minimum absolute atomic E-state index is 0.0312. The number of fused-ring (bicyclic) bond motifs is 1. The molecule has 0 spiro atoms. The summed E-state index contributed by atoms with van der Waals surface area (Å²) in [6.07, 6.45) is 1.90. The Labute approximate surface area is 126 Å². The van der Waals surface area contributed by atoms with Crippen molar-refractivity contribution in [2.45, 2.75) is 12.8 Å². The van der Waals surface area contributed by atoms with Gasteiger partial charge < -0.3 is 10.1 Å². The Balaban J connectivity index is 1.85. The molecule has 1 aliphatic rings. The molecule has 1 heterocycles. The van der Waals surface area contributed by atoms with Crippen molar-refractivity contribution in [2.24, 2.45) is 0 Å². The first-order valence-corrected chi connectivity index (χ1v) is 6.89. The normalized spacial score (nSPS) is 13.3. The summed E-state index contributed by atoms with van der Waals surface area (Å²) in [4.78, 5) is 22.0. The van der Waals surface area contributed by atoms with E-state index in [1.165, 1.54) is 0 Å². The number of carbonyl (C=O) groups excluding carboxylic acids is 2. The van der Waals surface area contributed by atoms with Gasteiger partial charge >= 0.3 is 0 Å². The molecule has 0 fully saturated rings. The number of ether oxygens (including phenoxy) is 1. The van der Waals surface area contributed by atoms with E-state index >= 15 is 0 Å². The molecule has 0 radical (unpaired) electrons. The zero-order valence-electron chi connectivity index (χ0n) is 11.1. The summed E-state index contributed by atoms with van der Waals surface area (Å²) in [7, 11) is 0. The minimum atomic E-state index is 0.0312. The van der Waals surface area contributed by atoms with E-state index in [1.807, 2.05) is 12.1 Å². The number of benzene rings is 2. The summed E-state index contributed by atoms with van der Waals surface area (Å²) in [5.74, 6) is 1.16. The van der Waals surface area contributed by atoms with Gasteiger partial charge in [-0.15, -0.1) is 0 Å². The van der Waals surface area contributed by atoms with Crippen molar-refractivity contribution in [2.75, 3.05) is 5.32 Å². The third kappa shape index (κ3) is 2.90. The first-order valence-electron chi connectivity index (χ1n) is 6.51. The number of rotatable bonds is 3. The van der Waals surface area contributed by atoms with E-state index in [-0.39, 0.29) is 5.91 Å². The lowest BCUT2D eigenvalue weighted by Gasteiger charge is -2.17. The summed E-state index contributed by atoms with van der Waals surface area (Å²) >= 11 is 6.08. The van der Waals surface area contributed by atoms with Crippen molar-refractivity contribution in [3.05, 3.63) is 52.5 Å². The highest BCUT2D eigenvalue weighted by molar-refractivity contribution is 6.32. The molecule has 0 saturated heterocycles. The number of nitrogens with one attached hydrogen (secondary N) is 1. The third-order valence-electron chi connectivity index (χ3n) is 3.29. The molecular formula is C16H12ClNO3. The second kappa shape index (κ2) is 5.58. The summed E-state index contributed by atoms with van der Waals surface area (Å²) in [5.41, 5.74) is 2.36. The van der Waals surface area contributed by atoms with Gasteiger partial charge in [0.1, 0.15) is 17.8 Å². The van der Waals surface area contributed by atoms with Crippen molar-refractivity contribution in [1.82, 2.24) is 0 Å². The van der Waals surface area contributed by atoms with Crippen LogP contribution in [0, 0.1) is 0 Å². The summed E-state index contributed by atoms with van der Waals surface area (Å²) in [6.45, 7) is 0. The summed E-state index contributed by atoms with van der Waals surface area (Å²) in [5, 5.41) is 3.20. The maximum Gasteiger partial charge on any atom is 0.224 e. The predicted molar refractivity (Wildman–Crippen MR) is 80.3 cm³/mol. The van der Waals surface area contributed by atoms with E-state index in [1.54, 1.807) is 24.3 Å². The molecule has 0 saturated carbocycles. The molecule has 0 aliphatic carbocycles. The number of amides is 1. The standard InChI is InChI=1S/C16H12ClNO3/c17-13-7-10(9-19)1-5-15(13)21-12-3-4-14-11(8-12)2-6-16(20)18-14/h1,3-5,7-9H,2,6H2,(H,18,20). The molecule has 21 heavy (non-hydrogen) atoms. The largest absolute Gasteiger partial charge is 0.456 e. The molecule has 2 aromatic carbocycles. The van der Waals surface area contributed by atoms with Crippen LogP contribution >= 0.6 is 11.6 Å². The lowest BCUT2D eigenvalue weighted by Crippen LogP contribution is -2.18. The van der Waals surface area contributed by atoms with Gasteiger partial charge in [0.2, 0.25) is 5.91 Å². The van der Waals surface area contributed by atoms with E-state index in [0.29, 0.717) is 34.9 Å². The smallest absolute Gasteiger partial charge is 0.224 e. The highest BCUT2D eigenvalue weighted by Crippen LogP contribution is 2.33. The molecule has 2 aromatic rings. The molecule has 0 atom stereocenters. The number of hydrogen-bond donors (Lipinski definition) is 1. The van der Waals surface area contributed by atoms with Gasteiger partial charge in [0, 0.05) is 17.7 Å². The zero-order valence-corrected chi connectivity index (χ0v) is 11.8. The Bertz CT molecular complexity index is 727. The van der Waals surface area contributed by atoms with Crippen LogP contribution in [-0.2, 0) is 11.2 Å². The zero-order chi connectivity index (χ0) is 14.8. The van der Waals surface area contributed by atoms with Crippen LogP contribution in [0.25, 0.3) is 0 Å². The average Bonchev–Trinajstić information content (AvgIpc) is 2.49. The third-order valence-corrected chi connectivity index (χ3v) is 3.59. The lowest BCUT2D eigenvalue weighted by atomic mass is 10.0. The van der Waals surface area contributed by atoms with Gasteiger partial charge in [-0.25, -0.2) is 0 Å². The fourth-order valence-corrected chi connectivity index (χ4v) is 2.45. The highest BCUT2D eigenvalue weighted by Gasteiger charge is 2.15. The Morgan fingerprint density at radius 1 is 1.14 bits per heavy atom. The molecule has 3 rings (SSSR count). The van der Waals surface area contributed by atoms with Gasteiger partial charge in [0.25, 0.3) is 0 Å². The number of hydrogen-bond acceptors (Lipinski definition) is 3. The van der Waals surface area contributed by atoms with Crippen molar-refractivity contribution in [3.63, 3.8) is 0 Å². The van der Waals surface area contributed by atoms with Crippen LogP contribution in [-0.4, -0.2) is 12.2 Å². The fourth-order valence-electron chi connectivity index (χ4n) is 2.22. The fraction of sp³-hybridized carbons (Fsp3) is 0.125. The number of aldehydes is 1. The Hall–Kier alpha value is -2.33. The van der Waals surface area contributed by atoms with Gasteiger partial charge in [-0.3, -0.25) is 9.59 Å². The van der Waals surface area contributed by atoms with E-state index in [2.05, 4.69) is 5.32 Å². The first kappa shape index (κ1) is 13.6.